The van der Waals surface area contributed by atoms with E-state index in [1.807, 2.05) is 12.1 Å². The molecule has 0 amide bonds. The maximum absolute atomic E-state index is 9.50. The van der Waals surface area contributed by atoms with E-state index in [9.17, 15) is 5.11 Å². The van der Waals surface area contributed by atoms with E-state index < -0.39 is 0 Å². The van der Waals surface area contributed by atoms with Crippen molar-refractivity contribution in [1.29, 1.82) is 0 Å². The second-order valence-electron chi connectivity index (χ2n) is 2.84. The highest BCUT2D eigenvalue weighted by molar-refractivity contribution is 5.84. The Balaban J connectivity index is 2.84. The number of rotatable bonds is 1. The van der Waals surface area contributed by atoms with Crippen LogP contribution in [0.1, 0.15) is 5.56 Å². The molecule has 0 saturated heterocycles. The fraction of sp³-hybridized carbons (Fsp3) is 0.100. The van der Waals surface area contributed by atoms with Crippen LogP contribution in [-0.2, 0) is 6.54 Å². The summed E-state index contributed by atoms with van der Waals surface area (Å²) in [6.45, 7) is 0.328. The SMILES string of the molecule is NCc1c(O)ccc2ncccc12. The molecule has 13 heavy (non-hydrogen) atoms. The van der Waals surface area contributed by atoms with Crippen molar-refractivity contribution >= 4 is 10.9 Å². The van der Waals surface area contributed by atoms with Crippen molar-refractivity contribution in [2.24, 2.45) is 5.73 Å². The Labute approximate surface area is 75.8 Å². The van der Waals surface area contributed by atoms with Crippen LogP contribution in [0.15, 0.2) is 30.5 Å². The Morgan fingerprint density at radius 2 is 2.15 bits per heavy atom. The van der Waals surface area contributed by atoms with Crippen LogP contribution in [-0.4, -0.2) is 10.1 Å². The Kier molecular flexibility index (Phi) is 1.87. The summed E-state index contributed by atoms with van der Waals surface area (Å²) in [6, 6.07) is 7.15. The van der Waals surface area contributed by atoms with Crippen molar-refractivity contribution in [3.63, 3.8) is 0 Å². The lowest BCUT2D eigenvalue weighted by atomic mass is 10.1. The van der Waals surface area contributed by atoms with Gasteiger partial charge in [-0.15, -0.1) is 0 Å². The zero-order chi connectivity index (χ0) is 9.26. The third-order valence-electron chi connectivity index (χ3n) is 2.08. The zero-order valence-electron chi connectivity index (χ0n) is 7.07. The van der Waals surface area contributed by atoms with E-state index in [2.05, 4.69) is 4.98 Å². The van der Waals surface area contributed by atoms with Crippen LogP contribution in [0.5, 0.6) is 5.75 Å². The number of phenols is 1. The molecule has 1 aromatic carbocycles. The minimum absolute atomic E-state index is 0.239. The molecule has 3 heteroatoms. The van der Waals surface area contributed by atoms with Crippen LogP contribution in [0, 0.1) is 0 Å². The molecule has 0 spiro atoms. The van der Waals surface area contributed by atoms with Crippen molar-refractivity contribution in [2.75, 3.05) is 0 Å². The van der Waals surface area contributed by atoms with Crippen LogP contribution in [0.2, 0.25) is 0 Å². The third kappa shape index (κ3) is 1.23. The number of benzene rings is 1. The quantitative estimate of drug-likeness (QED) is 0.687. The lowest BCUT2D eigenvalue weighted by molar-refractivity contribution is 0.469. The highest BCUT2D eigenvalue weighted by atomic mass is 16.3. The summed E-state index contributed by atoms with van der Waals surface area (Å²) in [5.74, 6) is 0.239. The number of aromatic nitrogens is 1. The maximum atomic E-state index is 9.50. The predicted octanol–water partition coefficient (Wildman–Crippen LogP) is 1.40. The number of fused-ring (bicyclic) bond motifs is 1. The molecule has 0 atom stereocenters. The minimum Gasteiger partial charge on any atom is -0.508 e. The monoisotopic (exact) mass is 174 g/mol. The fourth-order valence-corrected chi connectivity index (χ4v) is 1.42. The molecular formula is C10H10N2O. The standard InChI is InChI=1S/C10H10N2O/c11-6-8-7-2-1-5-12-9(7)3-4-10(8)13/h1-5,13H,6,11H2. The molecule has 1 aromatic heterocycles. The lowest BCUT2D eigenvalue weighted by Gasteiger charge is -2.05. The summed E-state index contributed by atoms with van der Waals surface area (Å²) in [7, 11) is 0. The Hall–Kier alpha value is -1.61. The number of nitrogens with zero attached hydrogens (tertiary/aromatic N) is 1. The van der Waals surface area contributed by atoms with Gasteiger partial charge in [0.05, 0.1) is 5.52 Å². The largest absolute Gasteiger partial charge is 0.508 e. The molecule has 66 valence electrons. The van der Waals surface area contributed by atoms with Gasteiger partial charge in [-0.3, -0.25) is 4.98 Å². The Morgan fingerprint density at radius 1 is 1.31 bits per heavy atom. The summed E-state index contributed by atoms with van der Waals surface area (Å²) in [6.07, 6.45) is 1.72. The predicted molar refractivity (Wildman–Crippen MR) is 51.3 cm³/mol. The van der Waals surface area contributed by atoms with Crippen LogP contribution in [0.25, 0.3) is 10.9 Å². The summed E-state index contributed by atoms with van der Waals surface area (Å²) in [4.78, 5) is 4.16. The summed E-state index contributed by atoms with van der Waals surface area (Å²) in [5, 5.41) is 10.4. The van der Waals surface area contributed by atoms with Crippen LogP contribution >= 0.6 is 0 Å². The molecular weight excluding hydrogens is 164 g/mol. The molecule has 3 N–H and O–H groups in total. The molecule has 0 aliphatic carbocycles. The van der Waals surface area contributed by atoms with E-state index in [1.54, 1.807) is 18.3 Å². The van der Waals surface area contributed by atoms with E-state index in [4.69, 9.17) is 5.73 Å². The van der Waals surface area contributed by atoms with E-state index >= 15 is 0 Å². The third-order valence-corrected chi connectivity index (χ3v) is 2.08. The van der Waals surface area contributed by atoms with Gasteiger partial charge in [-0.05, 0) is 18.2 Å². The number of phenolic OH excluding ortho intramolecular Hbond substituents is 1. The molecule has 0 radical (unpaired) electrons. The molecule has 0 unspecified atom stereocenters. The highest BCUT2D eigenvalue weighted by Gasteiger charge is 2.04. The molecule has 2 aromatic rings. The number of aromatic hydroxyl groups is 1. The molecule has 0 saturated carbocycles. The summed E-state index contributed by atoms with van der Waals surface area (Å²) < 4.78 is 0. The van der Waals surface area contributed by atoms with Crippen LogP contribution in [0.4, 0.5) is 0 Å². The van der Waals surface area contributed by atoms with E-state index in [1.165, 1.54) is 0 Å². The van der Waals surface area contributed by atoms with Crippen molar-refractivity contribution in [1.82, 2.24) is 4.98 Å². The first kappa shape index (κ1) is 8.01. The van der Waals surface area contributed by atoms with Gasteiger partial charge in [0.2, 0.25) is 0 Å². The molecule has 0 fully saturated rings. The molecule has 0 aliphatic rings. The minimum atomic E-state index is 0.239. The fourth-order valence-electron chi connectivity index (χ4n) is 1.42. The number of pyridine rings is 1. The smallest absolute Gasteiger partial charge is 0.120 e. The van der Waals surface area contributed by atoms with E-state index in [0.29, 0.717) is 6.54 Å². The average Bonchev–Trinajstić information content (AvgIpc) is 2.18. The number of hydrogen-bond donors (Lipinski definition) is 2. The van der Waals surface area contributed by atoms with Crippen LogP contribution in [0.3, 0.4) is 0 Å². The Bertz CT molecular complexity index is 440. The van der Waals surface area contributed by atoms with Gasteiger partial charge in [0.1, 0.15) is 5.75 Å². The van der Waals surface area contributed by atoms with Gasteiger partial charge in [0.15, 0.2) is 0 Å². The number of hydrogen-bond acceptors (Lipinski definition) is 3. The van der Waals surface area contributed by atoms with Crippen molar-refractivity contribution in [2.45, 2.75) is 6.54 Å². The topological polar surface area (TPSA) is 59.1 Å². The Morgan fingerprint density at radius 3 is 2.92 bits per heavy atom. The highest BCUT2D eigenvalue weighted by Crippen LogP contribution is 2.24. The van der Waals surface area contributed by atoms with Gasteiger partial charge >= 0.3 is 0 Å². The first-order chi connectivity index (χ1) is 6.33. The van der Waals surface area contributed by atoms with Gasteiger partial charge in [-0.1, -0.05) is 6.07 Å². The van der Waals surface area contributed by atoms with Crippen molar-refractivity contribution in [3.05, 3.63) is 36.0 Å². The molecule has 1 heterocycles. The van der Waals surface area contributed by atoms with Crippen molar-refractivity contribution < 1.29 is 5.11 Å². The zero-order valence-corrected chi connectivity index (χ0v) is 7.07. The normalized spacial score (nSPS) is 10.5. The average molecular weight is 174 g/mol. The van der Waals surface area contributed by atoms with E-state index in [0.717, 1.165) is 16.5 Å². The van der Waals surface area contributed by atoms with Crippen LogP contribution < -0.4 is 5.73 Å². The maximum Gasteiger partial charge on any atom is 0.120 e. The second-order valence-corrected chi connectivity index (χ2v) is 2.84. The van der Waals surface area contributed by atoms with E-state index in [-0.39, 0.29) is 5.75 Å². The van der Waals surface area contributed by atoms with Gasteiger partial charge in [0, 0.05) is 23.7 Å². The molecule has 3 nitrogen and oxygen atoms in total. The lowest BCUT2D eigenvalue weighted by Crippen LogP contribution is -1.98. The molecule has 0 bridgehead atoms. The van der Waals surface area contributed by atoms with Gasteiger partial charge in [0.25, 0.3) is 0 Å². The van der Waals surface area contributed by atoms with Gasteiger partial charge < -0.3 is 10.8 Å². The first-order valence-corrected chi connectivity index (χ1v) is 4.08. The van der Waals surface area contributed by atoms with Gasteiger partial charge in [-0.2, -0.15) is 0 Å². The first-order valence-electron chi connectivity index (χ1n) is 4.08. The summed E-state index contributed by atoms with van der Waals surface area (Å²) >= 11 is 0. The number of nitrogens with two attached hydrogens (primary N) is 1. The summed E-state index contributed by atoms with van der Waals surface area (Å²) in [5.41, 5.74) is 7.15. The van der Waals surface area contributed by atoms with Gasteiger partial charge in [-0.25, -0.2) is 0 Å². The molecule has 2 rings (SSSR count). The van der Waals surface area contributed by atoms with Crippen molar-refractivity contribution in [3.8, 4) is 5.75 Å². The second kappa shape index (κ2) is 3.03. The molecule has 0 aliphatic heterocycles.